The number of hydrogen-bond donors (Lipinski definition) is 2. The Bertz CT molecular complexity index is 1070. The Balaban J connectivity index is 2.27. The molecule has 0 aliphatic rings. The quantitative estimate of drug-likeness (QED) is 0.646. The maximum atomic E-state index is 14.3. The Labute approximate surface area is 162 Å². The Kier molecular flexibility index (Phi) is 5.20. The highest BCUT2D eigenvalue weighted by Gasteiger charge is 2.33. The molecule has 3 rings (SSSR count). The van der Waals surface area contributed by atoms with E-state index in [2.05, 4.69) is 4.72 Å². The van der Waals surface area contributed by atoms with Crippen LogP contribution in [0.5, 0.6) is 0 Å². The first-order valence-electron chi connectivity index (χ1n) is 8.36. The van der Waals surface area contributed by atoms with Gasteiger partial charge in [-0.3, -0.25) is 4.72 Å². The first-order valence-corrected chi connectivity index (χ1v) is 10.6. The molecule has 1 aromatic heterocycles. The van der Waals surface area contributed by atoms with Crippen LogP contribution in [-0.2, 0) is 15.6 Å². The van der Waals surface area contributed by atoms with Crippen LogP contribution in [0, 0.1) is 5.82 Å². The molecule has 0 saturated carbocycles. The van der Waals surface area contributed by atoms with Gasteiger partial charge in [0.05, 0.1) is 29.6 Å². The standard InChI is InChI=1S/C19H20ClFN2O3S/c1-3-19(12-24,13-4-6-14(20)7-5-13)23-9-8-16-17(22-27(2,25)26)10-15(21)11-18(16)23/h4-11,22,24H,3,12H2,1-2H3/t19-/m0/s1. The largest absolute Gasteiger partial charge is 0.394 e. The minimum Gasteiger partial charge on any atom is -0.394 e. The summed E-state index contributed by atoms with van der Waals surface area (Å²) in [7, 11) is -3.57. The summed E-state index contributed by atoms with van der Waals surface area (Å²) in [5, 5.41) is 11.4. The molecule has 0 aliphatic heterocycles. The van der Waals surface area contributed by atoms with Crippen LogP contribution in [0.1, 0.15) is 18.9 Å². The molecule has 2 aromatic carbocycles. The number of rotatable bonds is 6. The molecule has 0 aliphatic carbocycles. The highest BCUT2D eigenvalue weighted by atomic mass is 35.5. The molecule has 27 heavy (non-hydrogen) atoms. The van der Waals surface area contributed by atoms with E-state index in [9.17, 15) is 17.9 Å². The fraction of sp³-hybridized carbons (Fsp3) is 0.263. The number of sulfonamides is 1. The van der Waals surface area contributed by atoms with Crippen molar-refractivity contribution >= 4 is 38.2 Å². The molecule has 144 valence electrons. The van der Waals surface area contributed by atoms with Gasteiger partial charge < -0.3 is 9.67 Å². The predicted octanol–water partition coefficient (Wildman–Crippen LogP) is 3.95. The van der Waals surface area contributed by atoms with Crippen molar-refractivity contribution in [3.05, 3.63) is 65.1 Å². The van der Waals surface area contributed by atoms with Crippen molar-refractivity contribution in [3.63, 3.8) is 0 Å². The van der Waals surface area contributed by atoms with Gasteiger partial charge in [-0.2, -0.15) is 0 Å². The van der Waals surface area contributed by atoms with E-state index in [1.165, 1.54) is 6.07 Å². The average Bonchev–Trinajstić information content (AvgIpc) is 3.01. The van der Waals surface area contributed by atoms with E-state index in [0.29, 0.717) is 22.3 Å². The molecule has 0 radical (unpaired) electrons. The SMILES string of the molecule is CC[C@](CO)(c1ccc(Cl)cc1)n1ccc2c(NS(C)(=O)=O)cc(F)cc21. The molecule has 0 bridgehead atoms. The summed E-state index contributed by atoms with van der Waals surface area (Å²) in [4.78, 5) is 0. The van der Waals surface area contributed by atoms with E-state index >= 15 is 0 Å². The summed E-state index contributed by atoms with van der Waals surface area (Å²) in [6.45, 7) is 1.70. The van der Waals surface area contributed by atoms with E-state index in [1.54, 1.807) is 29.0 Å². The van der Waals surface area contributed by atoms with Crippen LogP contribution in [0.2, 0.25) is 5.02 Å². The number of halogens is 2. The first kappa shape index (κ1) is 19.7. The number of nitrogens with one attached hydrogen (secondary N) is 1. The summed E-state index contributed by atoms with van der Waals surface area (Å²) < 4.78 is 41.6. The third-order valence-corrected chi connectivity index (χ3v) is 5.60. The Hall–Kier alpha value is -2.09. The molecule has 2 N–H and O–H groups in total. The fourth-order valence-corrected chi connectivity index (χ4v) is 4.11. The lowest BCUT2D eigenvalue weighted by molar-refractivity contribution is 0.165. The predicted molar refractivity (Wildman–Crippen MR) is 106 cm³/mol. The summed E-state index contributed by atoms with van der Waals surface area (Å²) in [5.41, 5.74) is 0.608. The van der Waals surface area contributed by atoms with Crippen molar-refractivity contribution < 1.29 is 17.9 Å². The number of nitrogens with zero attached hydrogens (tertiary/aromatic N) is 1. The molecule has 0 spiro atoms. The van der Waals surface area contributed by atoms with Crippen LogP contribution in [0.4, 0.5) is 10.1 Å². The van der Waals surface area contributed by atoms with E-state index in [4.69, 9.17) is 11.6 Å². The van der Waals surface area contributed by atoms with E-state index in [1.807, 2.05) is 19.1 Å². The summed E-state index contributed by atoms with van der Waals surface area (Å²) >= 11 is 5.99. The Morgan fingerprint density at radius 3 is 2.44 bits per heavy atom. The van der Waals surface area contributed by atoms with Gasteiger partial charge >= 0.3 is 0 Å². The van der Waals surface area contributed by atoms with Gasteiger partial charge in [-0.15, -0.1) is 0 Å². The minimum atomic E-state index is -3.57. The van der Waals surface area contributed by atoms with Gasteiger partial charge in [0, 0.05) is 16.6 Å². The minimum absolute atomic E-state index is 0.158. The third-order valence-electron chi connectivity index (χ3n) is 4.76. The number of aliphatic hydroxyl groups is 1. The van der Waals surface area contributed by atoms with Crippen molar-refractivity contribution in [2.24, 2.45) is 0 Å². The molecule has 8 heteroatoms. The normalized spacial score (nSPS) is 14.3. The van der Waals surface area contributed by atoms with Crippen LogP contribution in [0.15, 0.2) is 48.7 Å². The van der Waals surface area contributed by atoms with Crippen LogP contribution >= 0.6 is 11.6 Å². The zero-order chi connectivity index (χ0) is 19.8. The fourth-order valence-electron chi connectivity index (χ4n) is 3.42. The maximum Gasteiger partial charge on any atom is 0.229 e. The zero-order valence-corrected chi connectivity index (χ0v) is 16.5. The van der Waals surface area contributed by atoms with Crippen LogP contribution < -0.4 is 4.72 Å². The van der Waals surface area contributed by atoms with Crippen LogP contribution in [-0.4, -0.2) is 31.0 Å². The molecule has 0 saturated heterocycles. The summed E-state index contributed by atoms with van der Waals surface area (Å²) in [6, 6.07) is 11.3. The highest BCUT2D eigenvalue weighted by molar-refractivity contribution is 7.92. The van der Waals surface area contributed by atoms with Gasteiger partial charge in [0.25, 0.3) is 0 Å². The second-order valence-electron chi connectivity index (χ2n) is 6.50. The number of hydrogen-bond acceptors (Lipinski definition) is 3. The summed E-state index contributed by atoms with van der Waals surface area (Å²) in [5.74, 6) is -0.576. The number of aliphatic hydroxyl groups excluding tert-OH is 1. The molecular formula is C19H20ClFN2O3S. The number of benzene rings is 2. The molecule has 1 heterocycles. The van der Waals surface area contributed by atoms with Gasteiger partial charge in [-0.1, -0.05) is 30.7 Å². The zero-order valence-electron chi connectivity index (χ0n) is 14.9. The maximum absolute atomic E-state index is 14.3. The van der Waals surface area contributed by atoms with Gasteiger partial charge in [0.15, 0.2) is 0 Å². The molecule has 3 aromatic rings. The van der Waals surface area contributed by atoms with Gasteiger partial charge in [-0.05, 0) is 42.3 Å². The Morgan fingerprint density at radius 1 is 1.22 bits per heavy atom. The second-order valence-corrected chi connectivity index (χ2v) is 8.68. The number of aromatic nitrogens is 1. The molecular weight excluding hydrogens is 391 g/mol. The third kappa shape index (κ3) is 3.67. The smallest absolute Gasteiger partial charge is 0.229 e. The van der Waals surface area contributed by atoms with Crippen molar-refractivity contribution in [1.82, 2.24) is 4.57 Å². The number of anilines is 1. The monoisotopic (exact) mass is 410 g/mol. The van der Waals surface area contributed by atoms with E-state index in [0.717, 1.165) is 17.9 Å². The van der Waals surface area contributed by atoms with Crippen molar-refractivity contribution in [2.45, 2.75) is 18.9 Å². The lowest BCUT2D eigenvalue weighted by Gasteiger charge is -2.34. The summed E-state index contributed by atoms with van der Waals surface area (Å²) in [6.07, 6.45) is 3.27. The topological polar surface area (TPSA) is 71.3 Å². The van der Waals surface area contributed by atoms with E-state index < -0.39 is 21.4 Å². The molecule has 0 unspecified atom stereocenters. The molecule has 1 atom stereocenters. The second kappa shape index (κ2) is 7.14. The highest BCUT2D eigenvalue weighted by Crippen LogP contribution is 2.36. The van der Waals surface area contributed by atoms with Crippen molar-refractivity contribution in [2.75, 3.05) is 17.6 Å². The molecule has 0 fully saturated rings. The van der Waals surface area contributed by atoms with Crippen molar-refractivity contribution in [1.29, 1.82) is 0 Å². The van der Waals surface area contributed by atoms with Crippen LogP contribution in [0.25, 0.3) is 10.9 Å². The number of fused-ring (bicyclic) bond motifs is 1. The molecule has 0 amide bonds. The van der Waals surface area contributed by atoms with Gasteiger partial charge in [0.2, 0.25) is 10.0 Å². The van der Waals surface area contributed by atoms with Gasteiger partial charge in [-0.25, -0.2) is 12.8 Å². The lowest BCUT2D eigenvalue weighted by atomic mass is 9.87. The van der Waals surface area contributed by atoms with Crippen LogP contribution in [0.3, 0.4) is 0 Å². The first-order chi connectivity index (χ1) is 12.7. The lowest BCUT2D eigenvalue weighted by Crippen LogP contribution is -2.37. The van der Waals surface area contributed by atoms with Gasteiger partial charge in [0.1, 0.15) is 5.82 Å². The average molecular weight is 411 g/mol. The van der Waals surface area contributed by atoms with E-state index in [-0.39, 0.29) is 12.3 Å². The van der Waals surface area contributed by atoms with Crippen molar-refractivity contribution in [3.8, 4) is 0 Å². The Morgan fingerprint density at radius 2 is 1.89 bits per heavy atom. The molecule has 5 nitrogen and oxygen atoms in total.